The van der Waals surface area contributed by atoms with Crippen LogP contribution in [0.3, 0.4) is 0 Å². The van der Waals surface area contributed by atoms with E-state index in [4.69, 9.17) is 10.5 Å². The molecule has 0 radical (unpaired) electrons. The van der Waals surface area contributed by atoms with Gasteiger partial charge in [-0.1, -0.05) is 30.3 Å². The molecule has 0 bridgehead atoms. The number of nitrogens with one attached hydrogen (secondary N) is 1. The summed E-state index contributed by atoms with van der Waals surface area (Å²) in [5.41, 5.74) is 6.94. The minimum atomic E-state index is 0.161. The number of carbonyl (C=O) groups excluding carboxylic acids is 1. The van der Waals surface area contributed by atoms with E-state index >= 15 is 0 Å². The van der Waals surface area contributed by atoms with Crippen LogP contribution in [0.25, 0.3) is 0 Å². The summed E-state index contributed by atoms with van der Waals surface area (Å²) in [5, 5.41) is 3.09. The number of hydrogen-bond acceptors (Lipinski definition) is 6. The Kier molecular flexibility index (Phi) is 4.67. The van der Waals surface area contributed by atoms with E-state index in [-0.39, 0.29) is 11.4 Å². The van der Waals surface area contributed by atoms with E-state index < -0.39 is 0 Å². The Hall–Kier alpha value is -3.41. The summed E-state index contributed by atoms with van der Waals surface area (Å²) in [7, 11) is 0. The minimum Gasteiger partial charge on any atom is -0.457 e. The maximum absolute atomic E-state index is 11.1. The fourth-order valence-corrected chi connectivity index (χ4v) is 2.15. The van der Waals surface area contributed by atoms with Crippen LogP contribution in [0.15, 0.2) is 60.9 Å². The van der Waals surface area contributed by atoms with E-state index in [1.165, 1.54) is 6.33 Å². The van der Waals surface area contributed by atoms with Crippen molar-refractivity contribution in [2.75, 3.05) is 11.1 Å². The van der Waals surface area contributed by atoms with Gasteiger partial charge in [0.25, 0.3) is 0 Å². The summed E-state index contributed by atoms with van der Waals surface area (Å²) < 4.78 is 5.74. The average molecular weight is 320 g/mol. The van der Waals surface area contributed by atoms with Crippen LogP contribution < -0.4 is 15.8 Å². The normalized spacial score (nSPS) is 10.2. The number of nitrogens with two attached hydrogens (primary N) is 1. The highest BCUT2D eigenvalue weighted by Gasteiger charge is 2.07. The Labute approximate surface area is 139 Å². The van der Waals surface area contributed by atoms with Crippen LogP contribution in [-0.4, -0.2) is 16.3 Å². The van der Waals surface area contributed by atoms with E-state index in [1.807, 2.05) is 54.6 Å². The molecule has 6 nitrogen and oxygen atoms in total. The Morgan fingerprint density at radius 3 is 2.42 bits per heavy atom. The van der Waals surface area contributed by atoms with E-state index in [2.05, 4.69) is 15.3 Å². The predicted molar refractivity (Wildman–Crippen MR) is 92.1 cm³/mol. The van der Waals surface area contributed by atoms with Gasteiger partial charge in [0.05, 0.1) is 5.56 Å². The number of aldehydes is 1. The number of rotatable bonds is 6. The fourth-order valence-electron chi connectivity index (χ4n) is 2.15. The zero-order valence-corrected chi connectivity index (χ0v) is 12.8. The highest BCUT2D eigenvalue weighted by Crippen LogP contribution is 2.22. The van der Waals surface area contributed by atoms with Gasteiger partial charge in [0.1, 0.15) is 29.5 Å². The fraction of sp³-hybridized carbons (Fsp3) is 0.0556. The summed E-state index contributed by atoms with van der Waals surface area (Å²) in [6.45, 7) is 0.503. The summed E-state index contributed by atoms with van der Waals surface area (Å²) in [6.07, 6.45) is 1.97. The van der Waals surface area contributed by atoms with Crippen molar-refractivity contribution in [3.63, 3.8) is 0 Å². The number of para-hydroxylation sites is 1. The zero-order chi connectivity index (χ0) is 16.8. The molecule has 0 aliphatic rings. The van der Waals surface area contributed by atoms with Crippen molar-refractivity contribution in [1.29, 1.82) is 0 Å². The van der Waals surface area contributed by atoms with Gasteiger partial charge in [-0.25, -0.2) is 9.97 Å². The third kappa shape index (κ3) is 3.67. The first kappa shape index (κ1) is 15.5. The molecule has 0 aliphatic heterocycles. The lowest BCUT2D eigenvalue weighted by Gasteiger charge is -2.10. The molecule has 0 amide bonds. The van der Waals surface area contributed by atoms with Crippen molar-refractivity contribution in [1.82, 2.24) is 9.97 Å². The number of nitrogens with zero attached hydrogens (tertiary/aromatic N) is 2. The molecule has 2 aromatic carbocycles. The van der Waals surface area contributed by atoms with Gasteiger partial charge in [-0.3, -0.25) is 4.79 Å². The molecule has 3 aromatic rings. The molecule has 6 heteroatoms. The monoisotopic (exact) mass is 320 g/mol. The molecular weight excluding hydrogens is 304 g/mol. The van der Waals surface area contributed by atoms with E-state index in [9.17, 15) is 4.79 Å². The molecule has 0 spiro atoms. The van der Waals surface area contributed by atoms with Crippen LogP contribution >= 0.6 is 0 Å². The SMILES string of the molecule is Nc1ncnc(NCc2ccc(Oc3ccccc3)cc2)c1C=O. The number of aromatic nitrogens is 2. The minimum absolute atomic E-state index is 0.161. The summed E-state index contributed by atoms with van der Waals surface area (Å²) >= 11 is 0. The Balaban J connectivity index is 1.65. The molecule has 0 aliphatic carbocycles. The molecule has 0 fully saturated rings. The number of anilines is 2. The molecule has 120 valence electrons. The molecule has 3 rings (SSSR count). The Bertz CT molecular complexity index is 820. The molecule has 1 aromatic heterocycles. The quantitative estimate of drug-likeness (QED) is 0.677. The van der Waals surface area contributed by atoms with Gasteiger partial charge in [0, 0.05) is 6.54 Å². The molecular formula is C18H16N4O2. The summed E-state index contributed by atoms with van der Waals surface area (Å²) in [5.74, 6) is 2.12. The predicted octanol–water partition coefficient (Wildman–Crippen LogP) is 3.28. The number of nitrogen functional groups attached to an aromatic ring is 1. The molecule has 3 N–H and O–H groups in total. The molecule has 0 saturated heterocycles. The Morgan fingerprint density at radius 2 is 1.71 bits per heavy atom. The zero-order valence-electron chi connectivity index (χ0n) is 12.8. The first-order chi connectivity index (χ1) is 11.8. The van der Waals surface area contributed by atoms with E-state index in [0.717, 1.165) is 17.1 Å². The van der Waals surface area contributed by atoms with Crippen molar-refractivity contribution in [2.45, 2.75) is 6.54 Å². The van der Waals surface area contributed by atoms with Crippen molar-refractivity contribution >= 4 is 17.9 Å². The van der Waals surface area contributed by atoms with E-state index in [0.29, 0.717) is 18.6 Å². The lowest BCUT2D eigenvalue weighted by Crippen LogP contribution is -2.07. The van der Waals surface area contributed by atoms with Crippen LogP contribution in [0.2, 0.25) is 0 Å². The Morgan fingerprint density at radius 1 is 1.00 bits per heavy atom. The van der Waals surface area contributed by atoms with Gasteiger partial charge in [-0.2, -0.15) is 0 Å². The number of ether oxygens (including phenoxy) is 1. The number of carbonyl (C=O) groups is 1. The molecule has 0 saturated carbocycles. The van der Waals surface area contributed by atoms with Gasteiger partial charge >= 0.3 is 0 Å². The maximum atomic E-state index is 11.1. The van der Waals surface area contributed by atoms with Gasteiger partial charge in [0.2, 0.25) is 0 Å². The van der Waals surface area contributed by atoms with Crippen molar-refractivity contribution in [3.8, 4) is 11.5 Å². The second-order valence-electron chi connectivity index (χ2n) is 5.05. The van der Waals surface area contributed by atoms with Crippen LogP contribution in [0.4, 0.5) is 11.6 Å². The first-order valence-corrected chi connectivity index (χ1v) is 7.37. The number of benzene rings is 2. The second kappa shape index (κ2) is 7.23. The highest BCUT2D eigenvalue weighted by atomic mass is 16.5. The topological polar surface area (TPSA) is 90.1 Å². The van der Waals surface area contributed by atoms with Crippen LogP contribution in [0, 0.1) is 0 Å². The van der Waals surface area contributed by atoms with Crippen LogP contribution in [0.5, 0.6) is 11.5 Å². The molecule has 0 unspecified atom stereocenters. The average Bonchev–Trinajstić information content (AvgIpc) is 2.62. The smallest absolute Gasteiger partial charge is 0.157 e. The highest BCUT2D eigenvalue weighted by molar-refractivity contribution is 5.88. The first-order valence-electron chi connectivity index (χ1n) is 7.37. The van der Waals surface area contributed by atoms with Gasteiger partial charge in [-0.15, -0.1) is 0 Å². The van der Waals surface area contributed by atoms with Crippen LogP contribution in [-0.2, 0) is 6.54 Å². The third-order valence-corrected chi connectivity index (χ3v) is 3.39. The lowest BCUT2D eigenvalue weighted by molar-refractivity contribution is 0.112. The molecule has 0 atom stereocenters. The van der Waals surface area contributed by atoms with Crippen molar-refractivity contribution in [2.24, 2.45) is 0 Å². The number of hydrogen-bond donors (Lipinski definition) is 2. The second-order valence-corrected chi connectivity index (χ2v) is 5.05. The van der Waals surface area contributed by atoms with E-state index in [1.54, 1.807) is 0 Å². The summed E-state index contributed by atoms with van der Waals surface area (Å²) in [6, 6.07) is 17.2. The summed E-state index contributed by atoms with van der Waals surface area (Å²) in [4.78, 5) is 18.9. The third-order valence-electron chi connectivity index (χ3n) is 3.39. The van der Waals surface area contributed by atoms with Crippen molar-refractivity contribution in [3.05, 3.63) is 72.1 Å². The molecule has 24 heavy (non-hydrogen) atoms. The lowest BCUT2D eigenvalue weighted by atomic mass is 10.2. The van der Waals surface area contributed by atoms with Crippen LogP contribution in [0.1, 0.15) is 15.9 Å². The maximum Gasteiger partial charge on any atom is 0.157 e. The molecule has 1 heterocycles. The van der Waals surface area contributed by atoms with Crippen molar-refractivity contribution < 1.29 is 9.53 Å². The van der Waals surface area contributed by atoms with Gasteiger partial charge in [-0.05, 0) is 29.8 Å². The van der Waals surface area contributed by atoms with Gasteiger partial charge in [0.15, 0.2) is 6.29 Å². The standard InChI is InChI=1S/C18H16N4O2/c19-17-16(11-23)18(22-12-21-17)20-10-13-6-8-15(9-7-13)24-14-4-2-1-3-5-14/h1-9,11-12H,10H2,(H3,19,20,21,22). The van der Waals surface area contributed by atoms with Gasteiger partial charge < -0.3 is 15.8 Å². The largest absolute Gasteiger partial charge is 0.457 e.